The molecule has 0 saturated carbocycles. The number of carbonyl (C=O) groups excluding carboxylic acids is 1. The molecular weight excluding hydrogens is 438 g/mol. The third kappa shape index (κ3) is 4.11. The van der Waals surface area contributed by atoms with E-state index in [9.17, 15) is 9.59 Å². The smallest absolute Gasteiger partial charge is 0.279 e. The largest absolute Gasteiger partial charge is 0.497 e. The van der Waals surface area contributed by atoms with Crippen molar-refractivity contribution in [1.82, 2.24) is 9.78 Å². The Morgan fingerprint density at radius 3 is 2.00 bits per heavy atom. The highest BCUT2D eigenvalue weighted by Crippen LogP contribution is 2.40. The van der Waals surface area contributed by atoms with Crippen LogP contribution in [0, 0.1) is 0 Å². The van der Waals surface area contributed by atoms with Crippen molar-refractivity contribution in [2.24, 2.45) is 0 Å². The molecule has 0 radical (unpaired) electrons. The molecule has 9 nitrogen and oxygen atoms in total. The number of aromatic nitrogens is 2. The highest BCUT2D eigenvalue weighted by Gasteiger charge is 2.20. The molecule has 1 aromatic heterocycles. The minimum atomic E-state index is -0.507. The number of ether oxygens (including phenoxy) is 4. The van der Waals surface area contributed by atoms with Gasteiger partial charge in [0.15, 0.2) is 17.2 Å². The molecule has 0 spiro atoms. The summed E-state index contributed by atoms with van der Waals surface area (Å²) < 4.78 is 22.4. The Hall–Kier alpha value is -4.53. The molecule has 3 aromatic carbocycles. The lowest BCUT2D eigenvalue weighted by atomic mass is 10.1. The maximum atomic E-state index is 13.4. The summed E-state index contributed by atoms with van der Waals surface area (Å²) in [6.07, 6.45) is 0. The molecule has 9 heteroatoms. The molecule has 0 aliphatic carbocycles. The lowest BCUT2D eigenvalue weighted by Gasteiger charge is -2.15. The molecule has 34 heavy (non-hydrogen) atoms. The second kappa shape index (κ2) is 9.53. The number of anilines is 1. The topological polar surface area (TPSA) is 101 Å². The van der Waals surface area contributed by atoms with Crippen molar-refractivity contribution < 1.29 is 23.7 Å². The Balaban J connectivity index is 1.82. The van der Waals surface area contributed by atoms with Gasteiger partial charge in [-0.15, -0.1) is 0 Å². The fourth-order valence-electron chi connectivity index (χ4n) is 3.60. The van der Waals surface area contributed by atoms with E-state index in [2.05, 4.69) is 10.4 Å². The van der Waals surface area contributed by atoms with Crippen LogP contribution in [-0.4, -0.2) is 44.1 Å². The van der Waals surface area contributed by atoms with Crippen LogP contribution in [0.4, 0.5) is 5.69 Å². The van der Waals surface area contributed by atoms with E-state index in [1.54, 1.807) is 67.8 Å². The quantitative estimate of drug-likeness (QED) is 0.448. The minimum absolute atomic E-state index is 0.0831. The van der Waals surface area contributed by atoms with Gasteiger partial charge in [0.1, 0.15) is 5.75 Å². The maximum absolute atomic E-state index is 13.4. The van der Waals surface area contributed by atoms with E-state index in [0.29, 0.717) is 45.1 Å². The van der Waals surface area contributed by atoms with Gasteiger partial charge in [-0.05, 0) is 30.3 Å². The van der Waals surface area contributed by atoms with Crippen LogP contribution in [0.5, 0.6) is 23.0 Å². The van der Waals surface area contributed by atoms with E-state index >= 15 is 0 Å². The van der Waals surface area contributed by atoms with Crippen molar-refractivity contribution in [2.45, 2.75) is 0 Å². The van der Waals surface area contributed by atoms with Gasteiger partial charge in [0.2, 0.25) is 5.75 Å². The summed E-state index contributed by atoms with van der Waals surface area (Å²) >= 11 is 0. The number of hydrogen-bond acceptors (Lipinski definition) is 7. The first-order chi connectivity index (χ1) is 16.5. The summed E-state index contributed by atoms with van der Waals surface area (Å²) in [7, 11) is 6.03. The van der Waals surface area contributed by atoms with Crippen molar-refractivity contribution in [3.63, 3.8) is 0 Å². The van der Waals surface area contributed by atoms with Crippen LogP contribution in [0.15, 0.2) is 65.5 Å². The Morgan fingerprint density at radius 1 is 0.824 bits per heavy atom. The molecule has 4 rings (SSSR count). The lowest BCUT2D eigenvalue weighted by Crippen LogP contribution is -2.26. The third-order valence-electron chi connectivity index (χ3n) is 5.26. The number of amides is 1. The standard InChI is InChI=1S/C25H23N3O6/c1-31-17-11-9-16(10-12-17)28-25(30)19-8-6-5-7-18(19)22(27-28)24(29)26-15-13-20(32-2)23(34-4)21(14-15)33-3/h5-14H,1-4H3,(H,26,29). The van der Waals surface area contributed by atoms with Crippen LogP contribution >= 0.6 is 0 Å². The Bertz CT molecular complexity index is 1390. The second-order valence-electron chi connectivity index (χ2n) is 7.18. The number of fused-ring (bicyclic) bond motifs is 1. The van der Waals surface area contributed by atoms with E-state index in [1.807, 2.05) is 0 Å². The summed E-state index contributed by atoms with van der Waals surface area (Å²) in [6.45, 7) is 0. The molecule has 174 valence electrons. The van der Waals surface area contributed by atoms with Gasteiger partial charge < -0.3 is 24.3 Å². The lowest BCUT2D eigenvalue weighted by molar-refractivity contribution is 0.102. The zero-order chi connectivity index (χ0) is 24.2. The molecule has 1 heterocycles. The van der Waals surface area contributed by atoms with Crippen molar-refractivity contribution in [3.05, 3.63) is 76.7 Å². The van der Waals surface area contributed by atoms with Crippen LogP contribution in [0.3, 0.4) is 0 Å². The van der Waals surface area contributed by atoms with Crippen molar-refractivity contribution >= 4 is 22.4 Å². The predicted molar refractivity (Wildman–Crippen MR) is 128 cm³/mol. The maximum Gasteiger partial charge on any atom is 0.279 e. The van der Waals surface area contributed by atoms with Crippen LogP contribution in [0.25, 0.3) is 16.5 Å². The molecule has 1 amide bonds. The van der Waals surface area contributed by atoms with Gasteiger partial charge >= 0.3 is 0 Å². The Kier molecular flexibility index (Phi) is 6.35. The van der Waals surface area contributed by atoms with E-state index in [4.69, 9.17) is 18.9 Å². The monoisotopic (exact) mass is 461 g/mol. The minimum Gasteiger partial charge on any atom is -0.497 e. The Morgan fingerprint density at radius 2 is 1.44 bits per heavy atom. The third-order valence-corrected chi connectivity index (χ3v) is 5.26. The molecule has 0 fully saturated rings. The molecule has 0 bridgehead atoms. The van der Waals surface area contributed by atoms with E-state index in [-0.39, 0.29) is 11.3 Å². The number of methoxy groups -OCH3 is 4. The first kappa shape index (κ1) is 22.7. The molecule has 0 unspecified atom stereocenters. The van der Waals surface area contributed by atoms with Crippen molar-refractivity contribution in [3.8, 4) is 28.7 Å². The number of carbonyl (C=O) groups is 1. The van der Waals surface area contributed by atoms with Crippen LogP contribution < -0.4 is 29.8 Å². The van der Waals surface area contributed by atoms with Crippen LogP contribution in [0.2, 0.25) is 0 Å². The van der Waals surface area contributed by atoms with E-state index < -0.39 is 5.91 Å². The normalized spacial score (nSPS) is 10.6. The van der Waals surface area contributed by atoms with Crippen LogP contribution in [-0.2, 0) is 0 Å². The van der Waals surface area contributed by atoms with Crippen molar-refractivity contribution in [2.75, 3.05) is 33.8 Å². The summed E-state index contributed by atoms with van der Waals surface area (Å²) in [6, 6.07) is 16.9. The average Bonchev–Trinajstić information content (AvgIpc) is 2.88. The highest BCUT2D eigenvalue weighted by atomic mass is 16.5. The van der Waals surface area contributed by atoms with Gasteiger partial charge in [0, 0.05) is 23.2 Å². The van der Waals surface area contributed by atoms with Crippen molar-refractivity contribution in [1.29, 1.82) is 0 Å². The molecule has 4 aromatic rings. The average molecular weight is 461 g/mol. The van der Waals surface area contributed by atoms with E-state index in [0.717, 1.165) is 0 Å². The van der Waals surface area contributed by atoms with Gasteiger partial charge in [-0.3, -0.25) is 9.59 Å². The number of rotatable bonds is 7. The fraction of sp³-hybridized carbons (Fsp3) is 0.160. The molecule has 0 aliphatic rings. The number of nitrogens with zero attached hydrogens (tertiary/aromatic N) is 2. The van der Waals surface area contributed by atoms with Gasteiger partial charge in [0.05, 0.1) is 39.5 Å². The Labute approximate surface area is 195 Å². The molecule has 0 aliphatic heterocycles. The summed E-state index contributed by atoms with van der Waals surface area (Å²) in [5.41, 5.74) is 0.649. The van der Waals surface area contributed by atoms with Gasteiger partial charge in [-0.25, -0.2) is 0 Å². The fourth-order valence-corrected chi connectivity index (χ4v) is 3.60. The molecular formula is C25H23N3O6. The summed E-state index contributed by atoms with van der Waals surface area (Å²) in [5.74, 6) is 1.31. The first-order valence-corrected chi connectivity index (χ1v) is 10.3. The predicted octanol–water partition coefficient (Wildman–Crippen LogP) is 3.67. The summed E-state index contributed by atoms with van der Waals surface area (Å²) in [4.78, 5) is 26.5. The number of hydrogen-bond donors (Lipinski definition) is 1. The molecule has 0 saturated heterocycles. The van der Waals surface area contributed by atoms with Gasteiger partial charge in [-0.1, -0.05) is 18.2 Å². The second-order valence-corrected chi connectivity index (χ2v) is 7.18. The van der Waals surface area contributed by atoms with Crippen LogP contribution in [0.1, 0.15) is 10.5 Å². The first-order valence-electron chi connectivity index (χ1n) is 10.3. The zero-order valence-electron chi connectivity index (χ0n) is 19.1. The zero-order valence-corrected chi connectivity index (χ0v) is 19.1. The van der Waals surface area contributed by atoms with Gasteiger partial charge in [-0.2, -0.15) is 9.78 Å². The SMILES string of the molecule is COc1ccc(-n2nc(C(=O)Nc3cc(OC)c(OC)c(OC)c3)c3ccccc3c2=O)cc1. The summed E-state index contributed by atoms with van der Waals surface area (Å²) in [5, 5.41) is 8.02. The number of nitrogens with one attached hydrogen (secondary N) is 1. The molecule has 0 atom stereocenters. The molecule has 1 N–H and O–H groups in total. The number of benzene rings is 3. The van der Waals surface area contributed by atoms with Gasteiger partial charge in [0.25, 0.3) is 11.5 Å². The highest BCUT2D eigenvalue weighted by molar-refractivity contribution is 6.11. The van der Waals surface area contributed by atoms with E-state index in [1.165, 1.54) is 26.0 Å².